The van der Waals surface area contributed by atoms with E-state index in [1.807, 2.05) is 0 Å². The van der Waals surface area contributed by atoms with Crippen LogP contribution in [0.25, 0.3) is 0 Å². The number of esters is 1. The molecule has 1 heterocycles. The number of aryl methyl sites for hydroxylation is 1. The molecule has 0 saturated heterocycles. The number of methoxy groups -OCH3 is 1. The molecule has 0 fully saturated rings. The zero-order chi connectivity index (χ0) is 24.5. The van der Waals surface area contributed by atoms with Crippen LogP contribution < -0.4 is 14.4 Å². The first-order valence-corrected chi connectivity index (χ1v) is 12.1. The van der Waals surface area contributed by atoms with Crippen molar-refractivity contribution < 1.29 is 27.5 Å². The van der Waals surface area contributed by atoms with Crippen molar-refractivity contribution >= 4 is 44.9 Å². The molecule has 3 aromatic carbocycles. The van der Waals surface area contributed by atoms with Gasteiger partial charge in [-0.1, -0.05) is 29.8 Å². The lowest BCUT2D eigenvalue weighted by Gasteiger charge is -2.34. The number of nitrogens with one attached hydrogen (secondary N) is 1. The second-order valence-electron chi connectivity index (χ2n) is 7.57. The molecule has 8 nitrogen and oxygen atoms in total. The Morgan fingerprint density at radius 2 is 1.79 bits per heavy atom. The number of benzene rings is 3. The number of carbonyl (C=O) groups excluding carboxylic acids is 2. The quantitative estimate of drug-likeness (QED) is 0.531. The minimum absolute atomic E-state index is 0.0365. The number of halogens is 1. The summed E-state index contributed by atoms with van der Waals surface area (Å²) in [7, 11) is -2.74. The molecule has 0 aliphatic carbocycles. The lowest BCUT2D eigenvalue weighted by atomic mass is 10.1. The second-order valence-corrected chi connectivity index (χ2v) is 9.87. The number of anilines is 2. The number of amides is 1. The van der Waals surface area contributed by atoms with Crippen molar-refractivity contribution in [3.05, 3.63) is 82.9 Å². The summed E-state index contributed by atoms with van der Waals surface area (Å²) in [4.78, 5) is 25.0. The van der Waals surface area contributed by atoms with Gasteiger partial charge in [0.2, 0.25) is 0 Å². The molecule has 0 aromatic heterocycles. The summed E-state index contributed by atoms with van der Waals surface area (Å²) in [5.74, 6) is -0.846. The average molecular weight is 501 g/mol. The van der Waals surface area contributed by atoms with Gasteiger partial charge in [0, 0.05) is 10.7 Å². The molecule has 1 unspecified atom stereocenters. The molecule has 1 amide bonds. The molecule has 0 bridgehead atoms. The van der Waals surface area contributed by atoms with Crippen LogP contribution in [0.15, 0.2) is 71.6 Å². The zero-order valence-electron chi connectivity index (χ0n) is 18.3. The summed E-state index contributed by atoms with van der Waals surface area (Å²) < 4.78 is 38.6. The van der Waals surface area contributed by atoms with Gasteiger partial charge in [0.15, 0.2) is 6.10 Å². The molecule has 0 saturated carbocycles. The molecule has 0 spiro atoms. The predicted molar refractivity (Wildman–Crippen MR) is 128 cm³/mol. The van der Waals surface area contributed by atoms with Gasteiger partial charge in [-0.05, 0) is 61.0 Å². The molecule has 3 aromatic rings. The maximum absolute atomic E-state index is 13.4. The molecule has 1 aliphatic heterocycles. The number of hydrogen-bond donors (Lipinski definition) is 1. The Morgan fingerprint density at radius 1 is 1.09 bits per heavy atom. The van der Waals surface area contributed by atoms with E-state index in [2.05, 4.69) is 5.32 Å². The number of rotatable bonds is 5. The van der Waals surface area contributed by atoms with Crippen molar-refractivity contribution in [2.24, 2.45) is 0 Å². The highest BCUT2D eigenvalue weighted by Crippen LogP contribution is 2.37. The van der Waals surface area contributed by atoms with Crippen molar-refractivity contribution in [3.8, 4) is 5.75 Å². The number of hydrogen-bond acceptors (Lipinski definition) is 6. The monoisotopic (exact) mass is 500 g/mol. The molecular weight excluding hydrogens is 480 g/mol. The van der Waals surface area contributed by atoms with Gasteiger partial charge in [-0.2, -0.15) is 0 Å². The van der Waals surface area contributed by atoms with Crippen LogP contribution >= 0.6 is 11.6 Å². The predicted octanol–water partition coefficient (Wildman–Crippen LogP) is 4.03. The standard InChI is InChI=1S/C24H21ClN2O6S/c1-15-7-8-16(24(29)32-2)13-19(15)26-23(28)22-14-27(20-5-3-4-6-21(20)33-22)34(30,31)18-11-9-17(25)10-12-18/h3-13,22H,14H2,1-2H3,(H,26,28). The van der Waals surface area contributed by atoms with E-state index in [4.69, 9.17) is 21.1 Å². The first-order valence-electron chi connectivity index (χ1n) is 10.2. The SMILES string of the molecule is COC(=O)c1ccc(C)c(NC(=O)C2CN(S(=O)(=O)c3ccc(Cl)cc3)c3ccccc3O2)c1. The van der Waals surface area contributed by atoms with Gasteiger partial charge in [-0.15, -0.1) is 0 Å². The van der Waals surface area contributed by atoms with E-state index in [9.17, 15) is 18.0 Å². The van der Waals surface area contributed by atoms with Crippen molar-refractivity contribution in [1.82, 2.24) is 0 Å². The summed E-state index contributed by atoms with van der Waals surface area (Å²) in [6.45, 7) is 1.52. The molecule has 34 heavy (non-hydrogen) atoms. The van der Waals surface area contributed by atoms with Gasteiger partial charge in [-0.3, -0.25) is 9.10 Å². The molecule has 0 radical (unpaired) electrons. The number of ether oxygens (including phenoxy) is 2. The maximum Gasteiger partial charge on any atom is 0.337 e. The van der Waals surface area contributed by atoms with Gasteiger partial charge >= 0.3 is 5.97 Å². The van der Waals surface area contributed by atoms with Crippen LogP contribution in [-0.4, -0.2) is 40.1 Å². The fraction of sp³-hybridized carbons (Fsp3) is 0.167. The second kappa shape index (κ2) is 9.36. The van der Waals surface area contributed by atoms with Crippen LogP contribution in [0.1, 0.15) is 15.9 Å². The van der Waals surface area contributed by atoms with E-state index in [0.717, 1.165) is 4.31 Å². The lowest BCUT2D eigenvalue weighted by Crippen LogP contribution is -2.48. The Morgan fingerprint density at radius 3 is 2.50 bits per heavy atom. The summed E-state index contributed by atoms with van der Waals surface area (Å²) in [6.07, 6.45) is -1.14. The van der Waals surface area contributed by atoms with Gasteiger partial charge in [-0.25, -0.2) is 13.2 Å². The van der Waals surface area contributed by atoms with Crippen LogP contribution in [0.4, 0.5) is 11.4 Å². The van der Waals surface area contributed by atoms with Gasteiger partial charge < -0.3 is 14.8 Å². The van der Waals surface area contributed by atoms with E-state index >= 15 is 0 Å². The number of carbonyl (C=O) groups is 2. The highest BCUT2D eigenvalue weighted by atomic mass is 35.5. The van der Waals surface area contributed by atoms with Crippen molar-refractivity contribution in [1.29, 1.82) is 0 Å². The first-order chi connectivity index (χ1) is 16.2. The maximum atomic E-state index is 13.4. The summed E-state index contributed by atoms with van der Waals surface area (Å²) in [5, 5.41) is 3.14. The Labute approximate surface area is 202 Å². The smallest absolute Gasteiger partial charge is 0.337 e. The molecule has 4 rings (SSSR count). The molecule has 10 heteroatoms. The van der Waals surface area contributed by atoms with E-state index < -0.39 is 28.0 Å². The van der Waals surface area contributed by atoms with Gasteiger partial charge in [0.25, 0.3) is 15.9 Å². The number of nitrogens with zero attached hydrogens (tertiary/aromatic N) is 1. The average Bonchev–Trinajstić information content (AvgIpc) is 2.84. The molecule has 1 aliphatic rings. The van der Waals surface area contributed by atoms with E-state index in [1.165, 1.54) is 37.4 Å². The Kier molecular flexibility index (Phi) is 6.49. The largest absolute Gasteiger partial charge is 0.476 e. The number of fused-ring (bicyclic) bond motifs is 1. The minimum atomic E-state index is -4.01. The molecular formula is C24H21ClN2O6S. The van der Waals surface area contributed by atoms with Crippen molar-refractivity contribution in [2.75, 3.05) is 23.3 Å². The summed E-state index contributed by atoms with van der Waals surface area (Å²) >= 11 is 5.91. The Hall–Kier alpha value is -3.56. The third-order valence-corrected chi connectivity index (χ3v) is 7.39. The third kappa shape index (κ3) is 4.57. The van der Waals surface area contributed by atoms with E-state index in [0.29, 0.717) is 22.0 Å². The van der Waals surface area contributed by atoms with Crippen LogP contribution in [0.2, 0.25) is 5.02 Å². The topological polar surface area (TPSA) is 102 Å². The summed E-state index contributed by atoms with van der Waals surface area (Å²) in [5.41, 5.74) is 1.70. The zero-order valence-corrected chi connectivity index (χ0v) is 19.9. The highest BCUT2D eigenvalue weighted by molar-refractivity contribution is 7.92. The normalized spacial score (nSPS) is 15.1. The Balaban J connectivity index is 1.65. The number of para-hydroxylation sites is 2. The Bertz CT molecular complexity index is 1360. The molecule has 1 atom stereocenters. The van der Waals surface area contributed by atoms with Crippen LogP contribution in [0.5, 0.6) is 5.75 Å². The molecule has 176 valence electrons. The van der Waals surface area contributed by atoms with E-state index in [-0.39, 0.29) is 22.8 Å². The number of sulfonamides is 1. The van der Waals surface area contributed by atoms with Crippen LogP contribution in [0, 0.1) is 6.92 Å². The van der Waals surface area contributed by atoms with Gasteiger partial charge in [0.05, 0.1) is 29.8 Å². The van der Waals surface area contributed by atoms with Crippen molar-refractivity contribution in [3.63, 3.8) is 0 Å². The summed E-state index contributed by atoms with van der Waals surface area (Å²) in [6, 6.07) is 17.1. The lowest BCUT2D eigenvalue weighted by molar-refractivity contribution is -0.122. The fourth-order valence-corrected chi connectivity index (χ4v) is 5.12. The fourth-order valence-electron chi connectivity index (χ4n) is 3.51. The third-order valence-electron chi connectivity index (χ3n) is 5.35. The van der Waals surface area contributed by atoms with Crippen LogP contribution in [0.3, 0.4) is 0 Å². The highest BCUT2D eigenvalue weighted by Gasteiger charge is 2.37. The minimum Gasteiger partial charge on any atom is -0.476 e. The van der Waals surface area contributed by atoms with Gasteiger partial charge in [0.1, 0.15) is 5.75 Å². The van der Waals surface area contributed by atoms with E-state index in [1.54, 1.807) is 43.3 Å². The molecule has 1 N–H and O–H groups in total. The first kappa shape index (κ1) is 23.6. The van der Waals surface area contributed by atoms with Crippen molar-refractivity contribution in [2.45, 2.75) is 17.9 Å². The van der Waals surface area contributed by atoms with Crippen LogP contribution in [-0.2, 0) is 19.6 Å².